The van der Waals surface area contributed by atoms with Crippen LogP contribution >= 0.6 is 0 Å². The van der Waals surface area contributed by atoms with E-state index in [4.69, 9.17) is 9.47 Å². The van der Waals surface area contributed by atoms with Crippen molar-refractivity contribution in [1.82, 2.24) is 10.2 Å². The zero-order valence-corrected chi connectivity index (χ0v) is 17.4. The van der Waals surface area contributed by atoms with Gasteiger partial charge in [0.25, 0.3) is 0 Å². The van der Waals surface area contributed by atoms with Crippen molar-refractivity contribution in [2.45, 2.75) is 26.5 Å². The second-order valence-electron chi connectivity index (χ2n) is 6.56. The number of likely N-dealkylation sites (N-methyl/N-ethyl adjacent to an activating group) is 1. The van der Waals surface area contributed by atoms with E-state index in [0.717, 1.165) is 5.56 Å². The van der Waals surface area contributed by atoms with E-state index >= 15 is 0 Å². The predicted molar refractivity (Wildman–Crippen MR) is 113 cm³/mol. The summed E-state index contributed by atoms with van der Waals surface area (Å²) < 4.78 is 10.2. The summed E-state index contributed by atoms with van der Waals surface area (Å²) in [4.78, 5) is 38.2. The SMILES string of the molecule is CCN(CC(=O)Nc1ccc(OC)cc1)C(=O)[C@H](C)NC(=O)OCc1ccccc1. The maximum absolute atomic E-state index is 12.6. The number of anilines is 1. The first-order valence-electron chi connectivity index (χ1n) is 9.62. The molecular formula is C22H27N3O5. The number of carbonyl (C=O) groups is 3. The maximum atomic E-state index is 12.6. The lowest BCUT2D eigenvalue weighted by atomic mass is 10.2. The molecule has 0 aliphatic heterocycles. The van der Waals surface area contributed by atoms with Crippen LogP contribution in [0.5, 0.6) is 5.75 Å². The van der Waals surface area contributed by atoms with E-state index in [1.54, 1.807) is 45.2 Å². The molecule has 1 atom stereocenters. The molecule has 0 bridgehead atoms. The van der Waals surface area contributed by atoms with E-state index in [1.807, 2.05) is 30.3 Å². The van der Waals surface area contributed by atoms with Crippen LogP contribution in [0.15, 0.2) is 54.6 Å². The molecule has 30 heavy (non-hydrogen) atoms. The highest BCUT2D eigenvalue weighted by Crippen LogP contribution is 2.15. The molecule has 0 fully saturated rings. The lowest BCUT2D eigenvalue weighted by molar-refractivity contribution is -0.135. The Bertz CT molecular complexity index is 840. The molecular weight excluding hydrogens is 386 g/mol. The highest BCUT2D eigenvalue weighted by molar-refractivity contribution is 5.95. The molecule has 160 valence electrons. The predicted octanol–water partition coefficient (Wildman–Crippen LogP) is 2.80. The molecule has 0 aromatic heterocycles. The van der Waals surface area contributed by atoms with Crippen molar-refractivity contribution in [3.63, 3.8) is 0 Å². The number of benzene rings is 2. The molecule has 0 aliphatic rings. The summed E-state index contributed by atoms with van der Waals surface area (Å²) in [5, 5.41) is 5.23. The van der Waals surface area contributed by atoms with Crippen LogP contribution in [0.4, 0.5) is 10.5 Å². The molecule has 0 saturated heterocycles. The average Bonchev–Trinajstić information content (AvgIpc) is 2.76. The number of carbonyl (C=O) groups excluding carboxylic acids is 3. The van der Waals surface area contributed by atoms with Crippen molar-refractivity contribution in [2.24, 2.45) is 0 Å². The number of methoxy groups -OCH3 is 1. The molecule has 0 unspecified atom stereocenters. The zero-order valence-electron chi connectivity index (χ0n) is 17.4. The molecule has 0 spiro atoms. The minimum absolute atomic E-state index is 0.106. The molecule has 8 heteroatoms. The van der Waals surface area contributed by atoms with Crippen LogP contribution in [0.2, 0.25) is 0 Å². The zero-order chi connectivity index (χ0) is 21.9. The van der Waals surface area contributed by atoms with Crippen molar-refractivity contribution in [1.29, 1.82) is 0 Å². The van der Waals surface area contributed by atoms with Crippen molar-refractivity contribution in [2.75, 3.05) is 25.5 Å². The van der Waals surface area contributed by atoms with Gasteiger partial charge in [0.05, 0.1) is 13.7 Å². The number of rotatable bonds is 9. The summed E-state index contributed by atoms with van der Waals surface area (Å²) in [7, 11) is 1.56. The first-order chi connectivity index (χ1) is 14.4. The number of alkyl carbamates (subject to hydrolysis) is 1. The Kier molecular flexibility index (Phi) is 8.68. The minimum Gasteiger partial charge on any atom is -0.497 e. The molecule has 0 radical (unpaired) electrons. The van der Waals surface area contributed by atoms with Crippen LogP contribution in [0.25, 0.3) is 0 Å². The normalized spacial score (nSPS) is 11.2. The fraction of sp³-hybridized carbons (Fsp3) is 0.318. The lowest BCUT2D eigenvalue weighted by Crippen LogP contribution is -2.49. The molecule has 2 aromatic carbocycles. The Hall–Kier alpha value is -3.55. The number of amides is 3. The first kappa shape index (κ1) is 22.7. The fourth-order valence-electron chi connectivity index (χ4n) is 2.67. The van der Waals surface area contributed by atoms with Crippen LogP contribution in [-0.4, -0.2) is 49.0 Å². The summed E-state index contributed by atoms with van der Waals surface area (Å²) in [5.41, 5.74) is 1.44. The molecule has 0 heterocycles. The van der Waals surface area contributed by atoms with Crippen molar-refractivity contribution in [3.05, 3.63) is 60.2 Å². The van der Waals surface area contributed by atoms with Gasteiger partial charge in [-0.05, 0) is 43.7 Å². The van der Waals surface area contributed by atoms with Gasteiger partial charge in [-0.1, -0.05) is 30.3 Å². The maximum Gasteiger partial charge on any atom is 0.408 e. The van der Waals surface area contributed by atoms with Gasteiger partial charge in [0.2, 0.25) is 11.8 Å². The molecule has 3 amide bonds. The van der Waals surface area contributed by atoms with E-state index in [2.05, 4.69) is 10.6 Å². The van der Waals surface area contributed by atoms with Gasteiger partial charge < -0.3 is 25.0 Å². The fourth-order valence-corrected chi connectivity index (χ4v) is 2.67. The third kappa shape index (κ3) is 7.12. The molecule has 2 aromatic rings. The number of hydrogen-bond donors (Lipinski definition) is 2. The largest absolute Gasteiger partial charge is 0.497 e. The van der Waals surface area contributed by atoms with Gasteiger partial charge in [0, 0.05) is 12.2 Å². The average molecular weight is 413 g/mol. The summed E-state index contributed by atoms with van der Waals surface area (Å²) in [6, 6.07) is 15.3. The van der Waals surface area contributed by atoms with Crippen molar-refractivity contribution in [3.8, 4) is 5.75 Å². The van der Waals surface area contributed by atoms with E-state index < -0.39 is 12.1 Å². The quantitative estimate of drug-likeness (QED) is 0.659. The monoisotopic (exact) mass is 413 g/mol. The van der Waals surface area contributed by atoms with Crippen LogP contribution in [0.3, 0.4) is 0 Å². The second-order valence-corrected chi connectivity index (χ2v) is 6.56. The Balaban J connectivity index is 1.82. The van der Waals surface area contributed by atoms with Gasteiger partial charge in [-0.2, -0.15) is 0 Å². The summed E-state index contributed by atoms with van der Waals surface area (Å²) in [6.07, 6.45) is -0.696. The van der Waals surface area contributed by atoms with Crippen LogP contribution in [-0.2, 0) is 20.9 Å². The Morgan fingerprint density at radius 1 is 1.03 bits per heavy atom. The highest BCUT2D eigenvalue weighted by Gasteiger charge is 2.23. The van der Waals surface area contributed by atoms with Crippen molar-refractivity contribution < 1.29 is 23.9 Å². The lowest BCUT2D eigenvalue weighted by Gasteiger charge is -2.24. The number of nitrogens with one attached hydrogen (secondary N) is 2. The van der Waals surface area contributed by atoms with E-state index in [-0.39, 0.29) is 25.0 Å². The molecule has 0 saturated carbocycles. The third-order valence-corrected chi connectivity index (χ3v) is 4.32. The van der Waals surface area contributed by atoms with E-state index in [0.29, 0.717) is 18.0 Å². The van der Waals surface area contributed by atoms with E-state index in [1.165, 1.54) is 4.90 Å². The van der Waals surface area contributed by atoms with Gasteiger partial charge >= 0.3 is 6.09 Å². The van der Waals surface area contributed by atoms with Crippen LogP contribution in [0, 0.1) is 0 Å². The smallest absolute Gasteiger partial charge is 0.408 e. The second kappa shape index (κ2) is 11.5. The third-order valence-electron chi connectivity index (χ3n) is 4.32. The summed E-state index contributed by atoms with van der Waals surface area (Å²) in [5.74, 6) is -0.0364. The van der Waals surface area contributed by atoms with Gasteiger partial charge in [-0.15, -0.1) is 0 Å². The number of hydrogen-bond acceptors (Lipinski definition) is 5. The molecule has 8 nitrogen and oxygen atoms in total. The minimum atomic E-state index is -0.831. The van der Waals surface area contributed by atoms with Crippen LogP contribution < -0.4 is 15.4 Å². The molecule has 0 aliphatic carbocycles. The van der Waals surface area contributed by atoms with Gasteiger partial charge in [0.15, 0.2) is 0 Å². The number of ether oxygens (including phenoxy) is 2. The highest BCUT2D eigenvalue weighted by atomic mass is 16.5. The van der Waals surface area contributed by atoms with E-state index in [9.17, 15) is 14.4 Å². The Morgan fingerprint density at radius 3 is 2.30 bits per heavy atom. The van der Waals surface area contributed by atoms with Crippen molar-refractivity contribution >= 4 is 23.6 Å². The first-order valence-corrected chi connectivity index (χ1v) is 9.62. The van der Waals surface area contributed by atoms with Gasteiger partial charge in [-0.25, -0.2) is 4.79 Å². The van der Waals surface area contributed by atoms with Gasteiger partial charge in [0.1, 0.15) is 18.4 Å². The van der Waals surface area contributed by atoms with Gasteiger partial charge in [-0.3, -0.25) is 9.59 Å². The Labute approximate surface area is 176 Å². The topological polar surface area (TPSA) is 97.0 Å². The number of nitrogens with zero attached hydrogens (tertiary/aromatic N) is 1. The Morgan fingerprint density at radius 2 is 1.70 bits per heavy atom. The molecule has 2 N–H and O–H groups in total. The standard InChI is InChI=1S/C22H27N3O5/c1-4-25(14-20(26)24-18-10-12-19(29-3)13-11-18)21(27)16(2)23-22(28)30-15-17-8-6-5-7-9-17/h5-13,16H,4,14-15H2,1-3H3,(H,23,28)(H,24,26)/t16-/m0/s1. The molecule has 2 rings (SSSR count). The summed E-state index contributed by atoms with van der Waals surface area (Å²) in [6.45, 7) is 3.61. The summed E-state index contributed by atoms with van der Waals surface area (Å²) >= 11 is 0. The van der Waals surface area contributed by atoms with Crippen LogP contribution in [0.1, 0.15) is 19.4 Å².